The quantitative estimate of drug-likeness (QED) is 0.538. The first-order chi connectivity index (χ1) is 14.2. The highest BCUT2D eigenvalue weighted by Crippen LogP contribution is 2.30. The van der Waals surface area contributed by atoms with Gasteiger partial charge in [0.2, 0.25) is 5.91 Å². The molecule has 2 N–H and O–H groups in total. The number of carbonyl (C=O) groups is 2. The summed E-state index contributed by atoms with van der Waals surface area (Å²) in [5.74, 6) is -3.03. The summed E-state index contributed by atoms with van der Waals surface area (Å²) in [6.45, 7) is 0. The van der Waals surface area contributed by atoms with Crippen molar-refractivity contribution in [2.75, 3.05) is 5.32 Å². The Morgan fingerprint density at radius 1 is 1.03 bits per heavy atom. The number of aromatic nitrogens is 1. The zero-order valence-electron chi connectivity index (χ0n) is 15.3. The lowest BCUT2D eigenvalue weighted by Crippen LogP contribution is -2.21. The molecule has 1 aromatic carbocycles. The lowest BCUT2D eigenvalue weighted by molar-refractivity contribution is -0.192. The number of aryl methyl sites for hydroxylation is 1. The summed E-state index contributed by atoms with van der Waals surface area (Å²) < 4.78 is 45.5. The molecule has 2 heterocycles. The Labute approximate surface area is 173 Å². The average molecular weight is 440 g/mol. The smallest absolute Gasteiger partial charge is 0.475 e. The van der Waals surface area contributed by atoms with Crippen LogP contribution in [0.5, 0.6) is 0 Å². The number of carbonyl (C=O) groups excluding carboxylic acids is 1. The number of carboxylic acids is 1. The van der Waals surface area contributed by atoms with Crippen LogP contribution in [0.15, 0.2) is 60.9 Å². The fraction of sp³-hybridized carbons (Fsp3) is 0.150. The number of carboxylic acid groups (broad SMARTS) is 1. The minimum atomic E-state index is -5.08. The van der Waals surface area contributed by atoms with Crippen LogP contribution in [-0.2, 0) is 16.0 Å². The van der Waals surface area contributed by atoms with E-state index in [1.165, 1.54) is 17.4 Å². The Morgan fingerprint density at radius 3 is 2.27 bits per heavy atom. The van der Waals surface area contributed by atoms with Crippen molar-refractivity contribution >= 4 is 28.9 Å². The Bertz CT molecular complexity index is 991. The number of anilines is 1. The SMILES string of the molecule is O=C(CCc1ccc(-c2ccccc2F)s1)Nc1ccncc1.O=C(O)C(F)(F)F. The van der Waals surface area contributed by atoms with E-state index in [9.17, 15) is 22.4 Å². The van der Waals surface area contributed by atoms with Crippen molar-refractivity contribution in [3.63, 3.8) is 0 Å². The molecule has 0 saturated carbocycles. The van der Waals surface area contributed by atoms with E-state index in [4.69, 9.17) is 9.90 Å². The molecule has 158 valence electrons. The Balaban J connectivity index is 0.000000396. The van der Waals surface area contributed by atoms with E-state index in [1.807, 2.05) is 18.2 Å². The van der Waals surface area contributed by atoms with Crippen LogP contribution in [0.3, 0.4) is 0 Å². The molecule has 0 spiro atoms. The van der Waals surface area contributed by atoms with E-state index < -0.39 is 12.1 Å². The lowest BCUT2D eigenvalue weighted by Gasteiger charge is -2.03. The van der Waals surface area contributed by atoms with Gasteiger partial charge in [0, 0.05) is 39.8 Å². The Hall–Kier alpha value is -3.27. The molecule has 10 heteroatoms. The zero-order valence-corrected chi connectivity index (χ0v) is 16.1. The lowest BCUT2D eigenvalue weighted by atomic mass is 10.2. The minimum Gasteiger partial charge on any atom is -0.475 e. The second-order valence-corrected chi connectivity index (χ2v) is 7.00. The third kappa shape index (κ3) is 7.28. The Kier molecular flexibility index (Phi) is 8.05. The summed E-state index contributed by atoms with van der Waals surface area (Å²) in [5, 5.41) is 9.95. The number of thiophene rings is 1. The van der Waals surface area contributed by atoms with Crippen LogP contribution < -0.4 is 5.32 Å². The predicted molar refractivity (Wildman–Crippen MR) is 105 cm³/mol. The summed E-state index contributed by atoms with van der Waals surface area (Å²) in [6.07, 6.45) is -0.791. The number of benzene rings is 1. The molecule has 0 aliphatic carbocycles. The third-order valence-electron chi connectivity index (χ3n) is 3.61. The van der Waals surface area contributed by atoms with Crippen LogP contribution in [0, 0.1) is 5.82 Å². The van der Waals surface area contributed by atoms with Crippen molar-refractivity contribution < 1.29 is 32.3 Å². The molecule has 0 aliphatic rings. The van der Waals surface area contributed by atoms with Crippen LogP contribution in [0.1, 0.15) is 11.3 Å². The number of nitrogens with one attached hydrogen (secondary N) is 1. The van der Waals surface area contributed by atoms with Crippen LogP contribution in [-0.4, -0.2) is 28.1 Å². The Morgan fingerprint density at radius 2 is 1.67 bits per heavy atom. The van der Waals surface area contributed by atoms with Gasteiger partial charge in [-0.05, 0) is 36.8 Å². The number of halogens is 4. The molecular formula is C20H16F4N2O3S. The van der Waals surface area contributed by atoms with Gasteiger partial charge in [-0.3, -0.25) is 9.78 Å². The van der Waals surface area contributed by atoms with Gasteiger partial charge in [0.05, 0.1) is 0 Å². The molecule has 0 aliphatic heterocycles. The molecule has 3 rings (SSSR count). The van der Waals surface area contributed by atoms with Crippen molar-refractivity contribution in [2.45, 2.75) is 19.0 Å². The van der Waals surface area contributed by atoms with Gasteiger partial charge in [0.1, 0.15) is 5.82 Å². The largest absolute Gasteiger partial charge is 0.490 e. The topological polar surface area (TPSA) is 79.3 Å². The van der Waals surface area contributed by atoms with Gasteiger partial charge in [0.15, 0.2) is 0 Å². The highest BCUT2D eigenvalue weighted by molar-refractivity contribution is 7.15. The van der Waals surface area contributed by atoms with Crippen molar-refractivity contribution in [1.29, 1.82) is 0 Å². The first-order valence-electron chi connectivity index (χ1n) is 8.50. The van der Waals surface area contributed by atoms with E-state index in [0.717, 1.165) is 15.4 Å². The molecule has 30 heavy (non-hydrogen) atoms. The number of amides is 1. The number of alkyl halides is 3. The molecular weight excluding hydrogens is 424 g/mol. The van der Waals surface area contributed by atoms with Gasteiger partial charge in [0.25, 0.3) is 0 Å². The van der Waals surface area contributed by atoms with Crippen LogP contribution in [0.2, 0.25) is 0 Å². The maximum Gasteiger partial charge on any atom is 0.490 e. The summed E-state index contributed by atoms with van der Waals surface area (Å²) >= 11 is 1.52. The number of hydrogen-bond donors (Lipinski definition) is 2. The molecule has 2 aromatic heterocycles. The van der Waals surface area contributed by atoms with E-state index >= 15 is 0 Å². The first-order valence-corrected chi connectivity index (χ1v) is 9.32. The number of pyridine rings is 1. The zero-order chi connectivity index (χ0) is 22.1. The van der Waals surface area contributed by atoms with Gasteiger partial charge in [-0.1, -0.05) is 18.2 Å². The van der Waals surface area contributed by atoms with Crippen molar-refractivity contribution in [1.82, 2.24) is 4.98 Å². The fourth-order valence-electron chi connectivity index (χ4n) is 2.21. The van der Waals surface area contributed by atoms with Gasteiger partial charge >= 0.3 is 12.1 Å². The second kappa shape index (κ2) is 10.5. The molecule has 0 bridgehead atoms. The van der Waals surface area contributed by atoms with Crippen molar-refractivity contribution in [2.24, 2.45) is 0 Å². The average Bonchev–Trinajstić information content (AvgIpc) is 3.16. The standard InChI is InChI=1S/C18H15FN2OS.C2HF3O2/c19-16-4-2-1-3-15(16)17-7-5-14(23-17)6-8-18(22)21-13-9-11-20-12-10-13;3-2(4,5)1(6)7/h1-5,7,9-12H,6,8H2,(H,20,21,22);(H,6,7). The van der Waals surface area contributed by atoms with E-state index in [0.29, 0.717) is 18.4 Å². The minimum absolute atomic E-state index is 0.0444. The van der Waals surface area contributed by atoms with Crippen LogP contribution in [0.4, 0.5) is 23.2 Å². The van der Waals surface area contributed by atoms with Gasteiger partial charge < -0.3 is 10.4 Å². The second-order valence-electron chi connectivity index (χ2n) is 5.83. The van der Waals surface area contributed by atoms with Gasteiger partial charge in [-0.25, -0.2) is 9.18 Å². The summed E-state index contributed by atoms with van der Waals surface area (Å²) in [6, 6.07) is 14.1. The normalized spacial score (nSPS) is 10.7. The van der Waals surface area contributed by atoms with E-state index in [1.54, 1.807) is 36.7 Å². The van der Waals surface area contributed by atoms with E-state index in [2.05, 4.69) is 10.3 Å². The maximum atomic E-state index is 13.8. The van der Waals surface area contributed by atoms with Crippen LogP contribution in [0.25, 0.3) is 10.4 Å². The highest BCUT2D eigenvalue weighted by Gasteiger charge is 2.38. The van der Waals surface area contributed by atoms with Crippen LogP contribution >= 0.6 is 11.3 Å². The van der Waals surface area contributed by atoms with E-state index in [-0.39, 0.29) is 11.7 Å². The number of aliphatic carboxylic acids is 1. The molecule has 0 saturated heterocycles. The molecule has 1 amide bonds. The molecule has 0 fully saturated rings. The summed E-state index contributed by atoms with van der Waals surface area (Å²) in [7, 11) is 0. The highest BCUT2D eigenvalue weighted by atomic mass is 32.1. The number of nitrogens with zero attached hydrogens (tertiary/aromatic N) is 1. The molecule has 0 atom stereocenters. The van der Waals surface area contributed by atoms with Crippen molar-refractivity contribution in [3.05, 3.63) is 71.6 Å². The number of hydrogen-bond acceptors (Lipinski definition) is 4. The summed E-state index contributed by atoms with van der Waals surface area (Å²) in [5.41, 5.74) is 1.34. The predicted octanol–water partition coefficient (Wildman–Crippen LogP) is 5.15. The molecule has 5 nitrogen and oxygen atoms in total. The maximum absolute atomic E-state index is 13.8. The first kappa shape index (κ1) is 23.0. The third-order valence-corrected chi connectivity index (χ3v) is 4.78. The molecule has 0 unspecified atom stereocenters. The fourth-order valence-corrected chi connectivity index (χ4v) is 3.25. The van der Waals surface area contributed by atoms with Gasteiger partial charge in [-0.2, -0.15) is 13.2 Å². The molecule has 3 aromatic rings. The van der Waals surface area contributed by atoms with Gasteiger partial charge in [-0.15, -0.1) is 11.3 Å². The summed E-state index contributed by atoms with van der Waals surface area (Å²) in [4.78, 5) is 26.7. The number of rotatable bonds is 5. The monoisotopic (exact) mass is 440 g/mol. The van der Waals surface area contributed by atoms with Crippen molar-refractivity contribution in [3.8, 4) is 10.4 Å². The molecule has 0 radical (unpaired) electrons.